The van der Waals surface area contributed by atoms with E-state index in [1.165, 1.54) is 5.56 Å². The van der Waals surface area contributed by atoms with Crippen LogP contribution in [-0.4, -0.2) is 17.7 Å². The molecule has 0 spiro atoms. The summed E-state index contributed by atoms with van der Waals surface area (Å²) in [6.07, 6.45) is 11.8. The van der Waals surface area contributed by atoms with E-state index in [0.717, 1.165) is 44.0 Å². The molecule has 0 radical (unpaired) electrons. The first kappa shape index (κ1) is 21.9. The first-order valence-corrected chi connectivity index (χ1v) is 12.2. The van der Waals surface area contributed by atoms with Crippen LogP contribution in [0.3, 0.4) is 0 Å². The zero-order chi connectivity index (χ0) is 22.8. The van der Waals surface area contributed by atoms with Crippen LogP contribution in [-0.2, 0) is 0 Å². The van der Waals surface area contributed by atoms with E-state index in [1.54, 1.807) is 0 Å². The minimum Gasteiger partial charge on any atom is -0.349 e. The zero-order valence-corrected chi connectivity index (χ0v) is 20.7. The van der Waals surface area contributed by atoms with E-state index in [4.69, 9.17) is 16.6 Å². The molecule has 1 aliphatic carbocycles. The lowest BCUT2D eigenvalue weighted by Crippen LogP contribution is -2.27. The van der Waals surface area contributed by atoms with Crippen LogP contribution in [0.15, 0.2) is 113 Å². The first-order chi connectivity index (χ1) is 16.1. The fourth-order valence-corrected chi connectivity index (χ4v) is 5.03. The maximum absolute atomic E-state index is 6.35. The van der Waals surface area contributed by atoms with Gasteiger partial charge in [0, 0.05) is 33.7 Å². The Morgan fingerprint density at radius 2 is 1.70 bits per heavy atom. The molecule has 0 bridgehead atoms. The van der Waals surface area contributed by atoms with Crippen molar-refractivity contribution in [3.05, 3.63) is 135 Å². The molecule has 0 saturated heterocycles. The fraction of sp³-hybridized carbons (Fsp3) is 0.138. The SMILES string of the molecule is CN1C(c2cccc(Br)c2)=CC(c2cccc(C3C=CC=CC3)c2)=NC1c1cccc(Cl)c1. The number of benzene rings is 3. The predicted octanol–water partition coefficient (Wildman–Crippen LogP) is 8.18. The standard InChI is InChI=1S/C29H24BrClN2/c1-33-28(23-12-6-14-25(30)17-23)19-27(32-29(33)24-13-7-15-26(31)18-24)22-11-5-10-21(16-22)20-8-3-2-4-9-20/h2-8,10-20,29H,9H2,1H3. The molecule has 33 heavy (non-hydrogen) atoms. The van der Waals surface area contributed by atoms with Crippen LogP contribution >= 0.6 is 27.5 Å². The van der Waals surface area contributed by atoms with E-state index in [1.807, 2.05) is 24.3 Å². The van der Waals surface area contributed by atoms with Gasteiger partial charge in [0.15, 0.2) is 0 Å². The summed E-state index contributed by atoms with van der Waals surface area (Å²) in [5.41, 5.74) is 6.75. The van der Waals surface area contributed by atoms with E-state index in [0.29, 0.717) is 5.92 Å². The molecule has 1 heterocycles. The number of hydrogen-bond donors (Lipinski definition) is 0. The second kappa shape index (κ2) is 9.54. The van der Waals surface area contributed by atoms with E-state index in [2.05, 4.69) is 107 Å². The predicted molar refractivity (Wildman–Crippen MR) is 143 cm³/mol. The van der Waals surface area contributed by atoms with Gasteiger partial charge in [0.05, 0.1) is 5.71 Å². The Morgan fingerprint density at radius 3 is 2.48 bits per heavy atom. The summed E-state index contributed by atoms with van der Waals surface area (Å²) in [7, 11) is 2.09. The molecule has 3 aromatic carbocycles. The molecule has 1 aliphatic heterocycles. The first-order valence-electron chi connectivity index (χ1n) is 11.1. The third kappa shape index (κ3) is 4.75. The summed E-state index contributed by atoms with van der Waals surface area (Å²) in [4.78, 5) is 7.41. The molecular formula is C29H24BrClN2. The number of nitrogens with zero attached hydrogens (tertiary/aromatic N) is 2. The average molecular weight is 516 g/mol. The van der Waals surface area contributed by atoms with Crippen LogP contribution in [0, 0.1) is 0 Å². The third-order valence-corrected chi connectivity index (χ3v) is 6.87. The summed E-state index contributed by atoms with van der Waals surface area (Å²) in [6, 6.07) is 25.2. The highest BCUT2D eigenvalue weighted by molar-refractivity contribution is 9.10. The third-order valence-electron chi connectivity index (χ3n) is 6.14. The van der Waals surface area contributed by atoms with Crippen molar-refractivity contribution in [2.75, 3.05) is 7.05 Å². The van der Waals surface area contributed by atoms with Gasteiger partial charge in [-0.05, 0) is 59.5 Å². The number of hydrogen-bond acceptors (Lipinski definition) is 2. The molecular weight excluding hydrogens is 492 g/mol. The molecule has 2 unspecified atom stereocenters. The topological polar surface area (TPSA) is 15.6 Å². The summed E-state index contributed by atoms with van der Waals surface area (Å²) in [5, 5.41) is 0.718. The molecule has 2 nitrogen and oxygen atoms in total. The van der Waals surface area contributed by atoms with E-state index in [9.17, 15) is 0 Å². The molecule has 3 aromatic rings. The Kier molecular flexibility index (Phi) is 6.34. The molecule has 0 N–H and O–H groups in total. The Balaban J connectivity index is 1.61. The van der Waals surface area contributed by atoms with Crippen molar-refractivity contribution < 1.29 is 0 Å². The number of aliphatic imine (C=N–C) groups is 1. The second-order valence-electron chi connectivity index (χ2n) is 8.37. The van der Waals surface area contributed by atoms with E-state index < -0.39 is 0 Å². The van der Waals surface area contributed by atoms with Gasteiger partial charge >= 0.3 is 0 Å². The van der Waals surface area contributed by atoms with E-state index >= 15 is 0 Å². The van der Waals surface area contributed by atoms with Crippen molar-refractivity contribution in [1.82, 2.24) is 4.90 Å². The van der Waals surface area contributed by atoms with Crippen LogP contribution in [0.1, 0.15) is 40.8 Å². The van der Waals surface area contributed by atoms with E-state index in [-0.39, 0.29) is 6.17 Å². The molecule has 0 amide bonds. The molecule has 4 heteroatoms. The highest BCUT2D eigenvalue weighted by Crippen LogP contribution is 2.36. The van der Waals surface area contributed by atoms with Crippen molar-refractivity contribution in [2.24, 2.45) is 4.99 Å². The van der Waals surface area contributed by atoms with Gasteiger partial charge in [-0.2, -0.15) is 0 Å². The second-order valence-corrected chi connectivity index (χ2v) is 9.73. The minimum atomic E-state index is -0.168. The van der Waals surface area contributed by atoms with Crippen LogP contribution in [0.25, 0.3) is 5.70 Å². The van der Waals surface area contributed by atoms with Crippen molar-refractivity contribution in [3.8, 4) is 0 Å². The number of rotatable bonds is 4. The van der Waals surface area contributed by atoms with Crippen LogP contribution in [0.2, 0.25) is 5.02 Å². The quantitative estimate of drug-likeness (QED) is 0.342. The molecule has 0 fully saturated rings. The highest BCUT2D eigenvalue weighted by Gasteiger charge is 2.25. The minimum absolute atomic E-state index is 0.168. The van der Waals surface area contributed by atoms with Crippen LogP contribution < -0.4 is 0 Å². The summed E-state index contributed by atoms with van der Waals surface area (Å²) in [5.74, 6) is 0.402. The summed E-state index contributed by atoms with van der Waals surface area (Å²) < 4.78 is 1.05. The zero-order valence-electron chi connectivity index (χ0n) is 18.3. The van der Waals surface area contributed by atoms with Gasteiger partial charge in [0.1, 0.15) is 6.17 Å². The maximum Gasteiger partial charge on any atom is 0.147 e. The fourth-order valence-electron chi connectivity index (χ4n) is 4.43. The van der Waals surface area contributed by atoms with Gasteiger partial charge in [-0.25, -0.2) is 0 Å². The lowest BCUT2D eigenvalue weighted by molar-refractivity contribution is 0.364. The largest absolute Gasteiger partial charge is 0.349 e. The van der Waals surface area contributed by atoms with Crippen LogP contribution in [0.4, 0.5) is 0 Å². The van der Waals surface area contributed by atoms with Gasteiger partial charge in [0.2, 0.25) is 0 Å². The van der Waals surface area contributed by atoms with Crippen molar-refractivity contribution in [3.63, 3.8) is 0 Å². The highest BCUT2D eigenvalue weighted by atomic mass is 79.9. The molecule has 2 aliphatic rings. The monoisotopic (exact) mass is 514 g/mol. The molecule has 164 valence electrons. The molecule has 2 atom stereocenters. The number of allylic oxidation sites excluding steroid dienone is 5. The van der Waals surface area contributed by atoms with Crippen molar-refractivity contribution in [1.29, 1.82) is 0 Å². The van der Waals surface area contributed by atoms with Crippen LogP contribution in [0.5, 0.6) is 0 Å². The van der Waals surface area contributed by atoms with Gasteiger partial charge in [-0.15, -0.1) is 0 Å². The smallest absolute Gasteiger partial charge is 0.147 e. The summed E-state index contributed by atoms with van der Waals surface area (Å²) >= 11 is 9.97. The Bertz CT molecular complexity index is 1300. The molecule has 5 rings (SSSR count). The van der Waals surface area contributed by atoms with Gasteiger partial charge in [-0.1, -0.05) is 94.3 Å². The molecule has 0 saturated carbocycles. The lowest BCUT2D eigenvalue weighted by atomic mass is 9.90. The molecule has 0 aromatic heterocycles. The Hall–Kier alpha value is -2.88. The van der Waals surface area contributed by atoms with Gasteiger partial charge in [-0.3, -0.25) is 4.99 Å². The Morgan fingerprint density at radius 1 is 0.909 bits per heavy atom. The van der Waals surface area contributed by atoms with Gasteiger partial charge in [0.25, 0.3) is 0 Å². The number of halogens is 2. The summed E-state index contributed by atoms with van der Waals surface area (Å²) in [6.45, 7) is 0. The lowest BCUT2D eigenvalue weighted by Gasteiger charge is -2.34. The Labute approximate surface area is 208 Å². The van der Waals surface area contributed by atoms with Crippen molar-refractivity contribution in [2.45, 2.75) is 18.5 Å². The maximum atomic E-state index is 6.35. The average Bonchev–Trinajstić information content (AvgIpc) is 2.85. The van der Waals surface area contributed by atoms with Crippen molar-refractivity contribution >= 4 is 38.9 Å². The van der Waals surface area contributed by atoms with Gasteiger partial charge < -0.3 is 4.90 Å². The normalized spacial score (nSPS) is 19.9.